The number of ether oxygens (including phenoxy) is 2. The molecule has 1 aliphatic rings. The summed E-state index contributed by atoms with van der Waals surface area (Å²) in [7, 11) is 0. The molecule has 40 heavy (non-hydrogen) atoms. The third-order valence-electron chi connectivity index (χ3n) is 7.83. The van der Waals surface area contributed by atoms with Gasteiger partial charge >= 0.3 is 0 Å². The fourth-order valence-corrected chi connectivity index (χ4v) is 5.10. The van der Waals surface area contributed by atoms with E-state index in [2.05, 4.69) is 19.2 Å². The second kappa shape index (κ2) is 23.5. The van der Waals surface area contributed by atoms with Gasteiger partial charge in [-0.1, -0.05) is 116 Å². The van der Waals surface area contributed by atoms with Gasteiger partial charge in [0, 0.05) is 6.42 Å². The topological polar surface area (TPSA) is 128 Å². The highest BCUT2D eigenvalue weighted by molar-refractivity contribution is 5.76. The molecule has 0 bridgehead atoms. The lowest BCUT2D eigenvalue weighted by Crippen LogP contribution is -2.59. The lowest BCUT2D eigenvalue weighted by molar-refractivity contribution is -0.298. The number of rotatable bonds is 24. The van der Waals surface area contributed by atoms with Crippen molar-refractivity contribution >= 4 is 5.91 Å². The van der Waals surface area contributed by atoms with Crippen molar-refractivity contribution in [2.75, 3.05) is 6.61 Å². The highest BCUT2D eigenvalue weighted by atomic mass is 16.7. The van der Waals surface area contributed by atoms with E-state index < -0.39 is 42.9 Å². The fourth-order valence-electron chi connectivity index (χ4n) is 5.10. The van der Waals surface area contributed by atoms with Gasteiger partial charge in [-0.25, -0.2) is 0 Å². The van der Waals surface area contributed by atoms with Crippen LogP contribution in [-0.4, -0.2) is 75.8 Å². The zero-order chi connectivity index (χ0) is 29.6. The predicted molar refractivity (Wildman–Crippen MR) is 160 cm³/mol. The fraction of sp³-hybridized carbons (Fsp3) is 0.906. The third-order valence-corrected chi connectivity index (χ3v) is 7.83. The maximum Gasteiger partial charge on any atom is 0.220 e. The molecule has 1 amide bonds. The van der Waals surface area contributed by atoms with Crippen molar-refractivity contribution in [2.24, 2.45) is 0 Å². The normalized spacial score (nSPS) is 24.8. The summed E-state index contributed by atoms with van der Waals surface area (Å²) in [6.45, 7) is 6.07. The van der Waals surface area contributed by atoms with Crippen molar-refractivity contribution in [2.45, 2.75) is 179 Å². The summed E-state index contributed by atoms with van der Waals surface area (Å²) >= 11 is 0. The Bertz CT molecular complexity index is 645. The Hall–Kier alpha value is -1.03. The van der Waals surface area contributed by atoms with Crippen molar-refractivity contribution in [3.05, 3.63) is 12.2 Å². The molecule has 0 aromatic heterocycles. The van der Waals surface area contributed by atoms with Gasteiger partial charge in [0.25, 0.3) is 0 Å². The standard InChI is InChI=1S/C32H61NO7/c1-4-7-9-11-12-13-14-15-16-17-18-19-20-22-26(34)25(33-28(35)23-21-10-8-5-2)24-39-32-31(38)30(37)29(36)27(6-3)40-32/h20,22,25-27,29-32,34,36-38H,4-19,21,23-24H2,1-3H3,(H,33,35)/b22-20+/t25-,26+,27+,29+,30-,31+,32+/m0/s1. The second-order valence-corrected chi connectivity index (χ2v) is 11.5. The molecule has 1 rings (SSSR count). The van der Waals surface area contributed by atoms with E-state index in [0.29, 0.717) is 12.8 Å². The highest BCUT2D eigenvalue weighted by Gasteiger charge is 2.43. The van der Waals surface area contributed by atoms with Crippen LogP contribution in [0.25, 0.3) is 0 Å². The average Bonchev–Trinajstić information content (AvgIpc) is 2.95. The Morgan fingerprint density at radius 3 is 1.93 bits per heavy atom. The van der Waals surface area contributed by atoms with Crippen LogP contribution in [0.5, 0.6) is 0 Å². The number of carbonyl (C=O) groups is 1. The second-order valence-electron chi connectivity index (χ2n) is 11.5. The molecule has 7 atom stereocenters. The summed E-state index contributed by atoms with van der Waals surface area (Å²) in [4.78, 5) is 12.6. The number of allylic oxidation sites excluding steroid dienone is 1. The molecule has 0 aromatic carbocycles. The van der Waals surface area contributed by atoms with Gasteiger partial charge in [-0.05, 0) is 25.7 Å². The highest BCUT2D eigenvalue weighted by Crippen LogP contribution is 2.24. The van der Waals surface area contributed by atoms with E-state index in [9.17, 15) is 25.2 Å². The van der Waals surface area contributed by atoms with Crippen LogP contribution in [0, 0.1) is 0 Å². The van der Waals surface area contributed by atoms with Gasteiger partial charge in [0.1, 0.15) is 18.3 Å². The molecule has 0 radical (unpaired) electrons. The molecule has 0 unspecified atom stereocenters. The number of aliphatic hydroxyl groups excluding tert-OH is 4. The van der Waals surface area contributed by atoms with Crippen molar-refractivity contribution in [1.29, 1.82) is 0 Å². The minimum atomic E-state index is -1.43. The van der Waals surface area contributed by atoms with E-state index in [1.165, 1.54) is 64.2 Å². The van der Waals surface area contributed by atoms with Crippen LogP contribution in [0.1, 0.15) is 136 Å². The number of carbonyl (C=O) groups excluding carboxylic acids is 1. The summed E-state index contributed by atoms with van der Waals surface area (Å²) in [5.41, 5.74) is 0. The van der Waals surface area contributed by atoms with E-state index >= 15 is 0 Å². The number of aliphatic hydroxyl groups is 4. The maximum atomic E-state index is 12.6. The predicted octanol–water partition coefficient (Wildman–Crippen LogP) is 5.29. The number of amides is 1. The van der Waals surface area contributed by atoms with E-state index in [1.54, 1.807) is 13.0 Å². The zero-order valence-corrected chi connectivity index (χ0v) is 25.6. The first-order valence-electron chi connectivity index (χ1n) is 16.3. The Kier molecular flexibility index (Phi) is 21.8. The molecule has 8 heteroatoms. The van der Waals surface area contributed by atoms with Crippen LogP contribution in [0.15, 0.2) is 12.2 Å². The molecule has 236 valence electrons. The summed E-state index contributed by atoms with van der Waals surface area (Å²) < 4.78 is 11.4. The molecule has 1 aliphatic heterocycles. The molecule has 8 nitrogen and oxygen atoms in total. The van der Waals surface area contributed by atoms with Gasteiger partial charge in [-0.2, -0.15) is 0 Å². The van der Waals surface area contributed by atoms with Gasteiger partial charge in [0.15, 0.2) is 6.29 Å². The summed E-state index contributed by atoms with van der Waals surface area (Å²) in [6.07, 6.45) is 16.5. The van der Waals surface area contributed by atoms with Gasteiger partial charge in [-0.15, -0.1) is 0 Å². The van der Waals surface area contributed by atoms with E-state index in [-0.39, 0.29) is 12.5 Å². The van der Waals surface area contributed by atoms with Crippen molar-refractivity contribution in [1.82, 2.24) is 5.32 Å². The van der Waals surface area contributed by atoms with Gasteiger partial charge in [0.05, 0.1) is 24.9 Å². The number of hydrogen-bond donors (Lipinski definition) is 5. The van der Waals surface area contributed by atoms with Crippen LogP contribution in [-0.2, 0) is 14.3 Å². The van der Waals surface area contributed by atoms with E-state index in [4.69, 9.17) is 9.47 Å². The first-order valence-corrected chi connectivity index (χ1v) is 16.3. The Balaban J connectivity index is 2.49. The average molecular weight is 572 g/mol. The Morgan fingerprint density at radius 2 is 1.35 bits per heavy atom. The lowest BCUT2D eigenvalue weighted by atomic mass is 9.97. The molecule has 5 N–H and O–H groups in total. The molecule has 0 aliphatic carbocycles. The molecule has 0 saturated carbocycles. The van der Waals surface area contributed by atoms with Gasteiger partial charge in [0.2, 0.25) is 5.91 Å². The molecule has 1 saturated heterocycles. The number of nitrogens with one attached hydrogen (secondary N) is 1. The molecule has 0 spiro atoms. The van der Waals surface area contributed by atoms with E-state index in [1.807, 2.05) is 6.08 Å². The van der Waals surface area contributed by atoms with Crippen LogP contribution >= 0.6 is 0 Å². The zero-order valence-electron chi connectivity index (χ0n) is 25.6. The largest absolute Gasteiger partial charge is 0.388 e. The summed E-state index contributed by atoms with van der Waals surface area (Å²) in [5, 5.41) is 44.3. The quantitative estimate of drug-likeness (QED) is 0.0786. The molecule has 1 fully saturated rings. The van der Waals surface area contributed by atoms with Crippen molar-refractivity contribution in [3.63, 3.8) is 0 Å². The Morgan fingerprint density at radius 1 is 0.800 bits per heavy atom. The summed E-state index contributed by atoms with van der Waals surface area (Å²) in [5.74, 6) is -0.158. The molecular weight excluding hydrogens is 510 g/mol. The van der Waals surface area contributed by atoms with Crippen LogP contribution < -0.4 is 5.32 Å². The number of unbranched alkanes of at least 4 members (excludes halogenated alkanes) is 14. The molecule has 1 heterocycles. The van der Waals surface area contributed by atoms with Gasteiger partial charge < -0.3 is 35.2 Å². The third kappa shape index (κ3) is 15.8. The monoisotopic (exact) mass is 571 g/mol. The SMILES string of the molecule is CCCCCCCCCCCCC/C=C/[C@@H](O)[C@H](CO[C@@H]1O[C@H](CC)[C@@H](O)[C@H](O)[C@H]1O)NC(=O)CCCCCC. The van der Waals surface area contributed by atoms with Crippen LogP contribution in [0.3, 0.4) is 0 Å². The van der Waals surface area contributed by atoms with Crippen LogP contribution in [0.4, 0.5) is 0 Å². The minimum Gasteiger partial charge on any atom is -0.388 e. The summed E-state index contributed by atoms with van der Waals surface area (Å²) in [6, 6.07) is -0.730. The number of hydrogen-bond acceptors (Lipinski definition) is 7. The van der Waals surface area contributed by atoms with E-state index in [0.717, 1.165) is 38.5 Å². The smallest absolute Gasteiger partial charge is 0.220 e. The Labute approximate surface area is 243 Å². The lowest BCUT2D eigenvalue weighted by Gasteiger charge is -2.40. The molecule has 0 aromatic rings. The van der Waals surface area contributed by atoms with Gasteiger partial charge in [-0.3, -0.25) is 4.79 Å². The molecular formula is C32H61NO7. The first kappa shape index (κ1) is 37.0. The maximum absolute atomic E-state index is 12.6. The minimum absolute atomic E-state index is 0.106. The van der Waals surface area contributed by atoms with Crippen molar-refractivity contribution in [3.8, 4) is 0 Å². The van der Waals surface area contributed by atoms with Crippen molar-refractivity contribution < 1.29 is 34.7 Å². The van der Waals surface area contributed by atoms with Crippen LogP contribution in [0.2, 0.25) is 0 Å². The first-order chi connectivity index (χ1) is 19.3.